The Labute approximate surface area is 102 Å². The van der Waals surface area contributed by atoms with Crippen molar-refractivity contribution in [2.24, 2.45) is 5.41 Å². The molecule has 1 amide bonds. The van der Waals surface area contributed by atoms with Crippen LogP contribution in [-0.2, 0) is 4.79 Å². The molecule has 0 aromatic heterocycles. The predicted molar refractivity (Wildman–Crippen MR) is 68.5 cm³/mol. The maximum absolute atomic E-state index is 12.3. The molecule has 1 saturated heterocycles. The Hall–Kier alpha value is -0.220. The van der Waals surface area contributed by atoms with E-state index in [0.717, 1.165) is 31.8 Å². The van der Waals surface area contributed by atoms with Crippen molar-refractivity contribution >= 4 is 17.7 Å². The van der Waals surface area contributed by atoms with Gasteiger partial charge < -0.3 is 10.2 Å². The summed E-state index contributed by atoms with van der Waals surface area (Å²) in [6, 6.07) is 0.559. The largest absolute Gasteiger partial charge is 0.342 e. The Balaban J connectivity index is 1.79. The van der Waals surface area contributed by atoms with Crippen molar-refractivity contribution in [2.75, 3.05) is 25.2 Å². The van der Waals surface area contributed by atoms with Crippen LogP contribution in [0.15, 0.2) is 0 Å². The van der Waals surface area contributed by atoms with Gasteiger partial charge in [0.15, 0.2) is 0 Å². The number of hydrogen-bond donors (Lipinski definition) is 1. The molecule has 3 nitrogen and oxygen atoms in total. The van der Waals surface area contributed by atoms with Crippen LogP contribution < -0.4 is 5.32 Å². The number of amides is 1. The monoisotopic (exact) mass is 242 g/mol. The predicted octanol–water partition coefficient (Wildman–Crippen LogP) is 1.69. The summed E-state index contributed by atoms with van der Waals surface area (Å²) in [7, 11) is 0. The minimum absolute atomic E-state index is 0.0690. The summed E-state index contributed by atoms with van der Waals surface area (Å²) in [6.45, 7) is 4.10. The number of hydrogen-bond acceptors (Lipinski definition) is 3. The molecule has 0 unspecified atom stereocenters. The highest BCUT2D eigenvalue weighted by Gasteiger charge is 2.47. The lowest BCUT2D eigenvalue weighted by molar-refractivity contribution is -0.146. The first kappa shape index (κ1) is 12.2. The molecular formula is C12H22N2OS. The molecule has 1 aliphatic carbocycles. The van der Waals surface area contributed by atoms with Gasteiger partial charge in [0.05, 0.1) is 0 Å². The van der Waals surface area contributed by atoms with Crippen molar-refractivity contribution in [3.63, 3.8) is 0 Å². The van der Waals surface area contributed by atoms with Crippen LogP contribution in [0.1, 0.15) is 32.6 Å². The summed E-state index contributed by atoms with van der Waals surface area (Å²) in [5, 5.41) is 3.46. The van der Waals surface area contributed by atoms with Gasteiger partial charge >= 0.3 is 0 Å². The van der Waals surface area contributed by atoms with E-state index in [-0.39, 0.29) is 5.41 Å². The van der Waals surface area contributed by atoms with Gasteiger partial charge in [0.2, 0.25) is 5.91 Å². The first-order valence-electron chi connectivity index (χ1n) is 6.17. The minimum Gasteiger partial charge on any atom is -0.342 e. The average molecular weight is 242 g/mol. The molecule has 0 spiro atoms. The molecule has 1 aliphatic heterocycles. The van der Waals surface area contributed by atoms with Crippen LogP contribution in [0.5, 0.6) is 0 Å². The molecule has 0 aromatic rings. The quantitative estimate of drug-likeness (QED) is 0.761. The zero-order chi connectivity index (χ0) is 11.6. The van der Waals surface area contributed by atoms with Crippen molar-refractivity contribution < 1.29 is 4.79 Å². The molecular weight excluding hydrogens is 220 g/mol. The molecule has 16 heavy (non-hydrogen) atoms. The number of rotatable bonds is 4. The second kappa shape index (κ2) is 4.96. The normalized spacial score (nSPS) is 33.9. The van der Waals surface area contributed by atoms with E-state index in [9.17, 15) is 4.79 Å². The van der Waals surface area contributed by atoms with Gasteiger partial charge in [-0.3, -0.25) is 4.79 Å². The van der Waals surface area contributed by atoms with Crippen LogP contribution in [0, 0.1) is 5.41 Å². The molecule has 0 radical (unpaired) electrons. The average Bonchev–Trinajstić information content (AvgIpc) is 2.74. The molecule has 0 bridgehead atoms. The second-order valence-electron chi connectivity index (χ2n) is 5.30. The van der Waals surface area contributed by atoms with E-state index in [1.165, 1.54) is 12.8 Å². The van der Waals surface area contributed by atoms with E-state index in [1.54, 1.807) is 11.8 Å². The lowest BCUT2D eigenvalue weighted by Gasteiger charge is -2.46. The van der Waals surface area contributed by atoms with E-state index in [4.69, 9.17) is 0 Å². The fourth-order valence-electron chi connectivity index (χ4n) is 2.85. The van der Waals surface area contributed by atoms with Gasteiger partial charge in [-0.05, 0) is 31.9 Å². The van der Waals surface area contributed by atoms with Gasteiger partial charge in [-0.2, -0.15) is 0 Å². The van der Waals surface area contributed by atoms with Crippen LogP contribution in [-0.4, -0.2) is 42.1 Å². The van der Waals surface area contributed by atoms with Gasteiger partial charge in [0.1, 0.15) is 0 Å². The zero-order valence-corrected chi connectivity index (χ0v) is 11.1. The summed E-state index contributed by atoms with van der Waals surface area (Å²) in [5.74, 6) is 1.39. The van der Waals surface area contributed by atoms with Gasteiger partial charge in [0.25, 0.3) is 0 Å². The molecule has 0 aromatic carbocycles. The molecule has 2 aliphatic rings. The molecule has 2 rings (SSSR count). The maximum atomic E-state index is 12.3. The first-order valence-corrected chi connectivity index (χ1v) is 7.57. The van der Waals surface area contributed by atoms with E-state index >= 15 is 0 Å². The zero-order valence-electron chi connectivity index (χ0n) is 10.3. The van der Waals surface area contributed by atoms with Crippen molar-refractivity contribution in [1.29, 1.82) is 0 Å². The number of thioether (sulfide) groups is 1. The van der Waals surface area contributed by atoms with Crippen molar-refractivity contribution in [3.8, 4) is 0 Å². The van der Waals surface area contributed by atoms with E-state index in [0.29, 0.717) is 11.9 Å². The summed E-state index contributed by atoms with van der Waals surface area (Å²) >= 11 is 1.81. The van der Waals surface area contributed by atoms with Gasteiger partial charge in [-0.1, -0.05) is 6.92 Å². The van der Waals surface area contributed by atoms with Crippen molar-refractivity contribution in [2.45, 2.75) is 38.6 Å². The van der Waals surface area contributed by atoms with Gasteiger partial charge in [-0.25, -0.2) is 0 Å². The fraction of sp³-hybridized carbons (Fsp3) is 0.917. The van der Waals surface area contributed by atoms with Gasteiger partial charge in [-0.15, -0.1) is 11.8 Å². The second-order valence-corrected chi connectivity index (χ2v) is 6.17. The smallest absolute Gasteiger partial charge is 0.228 e. The molecule has 0 atom stereocenters. The summed E-state index contributed by atoms with van der Waals surface area (Å²) < 4.78 is 0. The number of nitrogens with one attached hydrogen (secondary N) is 1. The SMILES string of the molecule is CSCN[C@H]1C[C@@](C)(C(=O)N2CCCC2)C1. The molecule has 1 heterocycles. The van der Waals surface area contributed by atoms with Gasteiger partial charge in [0, 0.05) is 30.4 Å². The number of carbonyl (C=O) groups excluding carboxylic acids is 1. The van der Waals surface area contributed by atoms with Crippen LogP contribution in [0.25, 0.3) is 0 Å². The Morgan fingerprint density at radius 3 is 2.62 bits per heavy atom. The number of likely N-dealkylation sites (tertiary alicyclic amines) is 1. The van der Waals surface area contributed by atoms with Crippen LogP contribution in [0.3, 0.4) is 0 Å². The molecule has 92 valence electrons. The maximum Gasteiger partial charge on any atom is 0.228 e. The Bertz CT molecular complexity index is 258. The summed E-state index contributed by atoms with van der Waals surface area (Å²) in [4.78, 5) is 14.3. The number of carbonyl (C=O) groups is 1. The van der Waals surface area contributed by atoms with Crippen LogP contribution >= 0.6 is 11.8 Å². The molecule has 2 fully saturated rings. The highest BCUT2D eigenvalue weighted by Crippen LogP contribution is 2.42. The van der Waals surface area contributed by atoms with Crippen LogP contribution in [0.4, 0.5) is 0 Å². The third kappa shape index (κ3) is 2.38. The third-order valence-electron chi connectivity index (χ3n) is 3.82. The summed E-state index contributed by atoms with van der Waals surface area (Å²) in [5.41, 5.74) is -0.0690. The Kier molecular flexibility index (Phi) is 3.80. The minimum atomic E-state index is -0.0690. The lowest BCUT2D eigenvalue weighted by Crippen LogP contribution is -2.55. The Morgan fingerprint density at radius 2 is 2.06 bits per heavy atom. The fourth-order valence-corrected chi connectivity index (χ4v) is 3.25. The molecule has 4 heteroatoms. The summed E-state index contributed by atoms with van der Waals surface area (Å²) in [6.07, 6.45) is 6.51. The van der Waals surface area contributed by atoms with E-state index in [2.05, 4.69) is 23.4 Å². The van der Waals surface area contributed by atoms with E-state index < -0.39 is 0 Å². The van der Waals surface area contributed by atoms with Crippen LogP contribution in [0.2, 0.25) is 0 Å². The first-order chi connectivity index (χ1) is 7.65. The molecule has 1 saturated carbocycles. The lowest BCUT2D eigenvalue weighted by atomic mass is 9.66. The topological polar surface area (TPSA) is 32.3 Å². The molecule has 1 N–H and O–H groups in total. The van der Waals surface area contributed by atoms with Crippen molar-refractivity contribution in [3.05, 3.63) is 0 Å². The standard InChI is InChI=1S/C12H22N2OS/c1-12(7-10(8-12)13-9-16-2)11(15)14-5-3-4-6-14/h10,13H,3-9H2,1-2H3/t10-,12+. The van der Waals surface area contributed by atoms with E-state index in [1.807, 2.05) is 0 Å². The highest BCUT2D eigenvalue weighted by atomic mass is 32.2. The van der Waals surface area contributed by atoms with Crippen molar-refractivity contribution in [1.82, 2.24) is 10.2 Å². The number of nitrogens with zero attached hydrogens (tertiary/aromatic N) is 1. The third-order valence-corrected chi connectivity index (χ3v) is 4.28. The highest BCUT2D eigenvalue weighted by molar-refractivity contribution is 7.98. The Morgan fingerprint density at radius 1 is 1.44 bits per heavy atom.